The van der Waals surface area contributed by atoms with E-state index in [1.165, 1.54) is 0 Å². The summed E-state index contributed by atoms with van der Waals surface area (Å²) in [5.74, 6) is 2.33. The quantitative estimate of drug-likeness (QED) is 0.693. The van der Waals surface area contributed by atoms with E-state index in [0.29, 0.717) is 11.5 Å². The Kier molecular flexibility index (Phi) is 4.10. The van der Waals surface area contributed by atoms with Gasteiger partial charge in [-0.1, -0.05) is 34.5 Å². The van der Waals surface area contributed by atoms with E-state index in [1.54, 1.807) is 6.08 Å². The largest absolute Gasteiger partial charge is 0.457 e. The molecule has 4 rings (SSSR count). The molecule has 0 aliphatic carbocycles. The minimum absolute atomic E-state index is 0.00603. The fourth-order valence-corrected chi connectivity index (χ4v) is 3.35. The number of carbonyl (C=O) groups excluding carboxylic acids is 1. The zero-order chi connectivity index (χ0) is 16.5. The van der Waals surface area contributed by atoms with Gasteiger partial charge < -0.3 is 4.42 Å². The second-order valence-electron chi connectivity index (χ2n) is 6.03. The van der Waals surface area contributed by atoms with Crippen molar-refractivity contribution < 1.29 is 9.21 Å². The molecule has 24 heavy (non-hydrogen) atoms. The lowest BCUT2D eigenvalue weighted by Gasteiger charge is -2.13. The first kappa shape index (κ1) is 15.4. The summed E-state index contributed by atoms with van der Waals surface area (Å²) in [5.41, 5.74) is 1.48. The normalized spacial score (nSPS) is 19.4. The van der Waals surface area contributed by atoms with Crippen LogP contribution in [-0.4, -0.2) is 23.2 Å². The van der Waals surface area contributed by atoms with Crippen LogP contribution in [-0.2, 0) is 4.79 Å². The first-order valence-corrected chi connectivity index (χ1v) is 8.97. The Morgan fingerprint density at radius 2 is 1.92 bits per heavy atom. The Balaban J connectivity index is 1.60. The molecule has 1 saturated heterocycles. The van der Waals surface area contributed by atoms with Gasteiger partial charge in [0.2, 0.25) is 0 Å². The van der Waals surface area contributed by atoms with Crippen LogP contribution >= 0.6 is 15.9 Å². The highest BCUT2D eigenvalue weighted by Gasteiger charge is 2.30. The Morgan fingerprint density at radius 1 is 1.08 bits per heavy atom. The summed E-state index contributed by atoms with van der Waals surface area (Å²) in [6, 6.07) is 11.7. The van der Waals surface area contributed by atoms with Gasteiger partial charge in [0.05, 0.1) is 0 Å². The Bertz CT molecular complexity index is 833. The number of halogens is 1. The third kappa shape index (κ3) is 2.96. The fraction of sp³-hybridized carbons (Fsp3) is 0.263. The third-order valence-electron chi connectivity index (χ3n) is 4.34. The van der Waals surface area contributed by atoms with Crippen LogP contribution in [0.2, 0.25) is 0 Å². The second-order valence-corrected chi connectivity index (χ2v) is 6.95. The molecule has 0 saturated carbocycles. The Morgan fingerprint density at radius 3 is 2.75 bits per heavy atom. The third-order valence-corrected chi connectivity index (χ3v) is 4.87. The smallest absolute Gasteiger partial charge is 0.277 e. The van der Waals surface area contributed by atoms with Crippen molar-refractivity contribution >= 4 is 33.7 Å². The van der Waals surface area contributed by atoms with Crippen LogP contribution in [0.25, 0.3) is 17.4 Å². The average Bonchev–Trinajstić information content (AvgIpc) is 3.07. The average molecular weight is 385 g/mol. The molecule has 4 nitrogen and oxygen atoms in total. The molecule has 2 aliphatic heterocycles. The summed E-state index contributed by atoms with van der Waals surface area (Å²) in [4.78, 5) is 18.9. The number of amidine groups is 1. The zero-order valence-corrected chi connectivity index (χ0v) is 14.8. The predicted molar refractivity (Wildman–Crippen MR) is 97.4 cm³/mol. The number of carbonyl (C=O) groups is 1. The Hall–Kier alpha value is -2.14. The second kappa shape index (κ2) is 6.40. The summed E-state index contributed by atoms with van der Waals surface area (Å²) in [6.45, 7) is 0.775. The molecule has 5 heteroatoms. The van der Waals surface area contributed by atoms with Gasteiger partial charge in [0.25, 0.3) is 5.91 Å². The van der Waals surface area contributed by atoms with Gasteiger partial charge in [0.1, 0.15) is 23.1 Å². The summed E-state index contributed by atoms with van der Waals surface area (Å²) in [7, 11) is 0. The molecule has 2 aromatic rings. The highest BCUT2D eigenvalue weighted by Crippen LogP contribution is 2.27. The van der Waals surface area contributed by atoms with Gasteiger partial charge in [-0.2, -0.15) is 0 Å². The van der Waals surface area contributed by atoms with E-state index >= 15 is 0 Å². The molecule has 3 heterocycles. The van der Waals surface area contributed by atoms with Crippen molar-refractivity contribution in [1.29, 1.82) is 0 Å². The van der Waals surface area contributed by atoms with E-state index in [0.717, 1.165) is 53.9 Å². The van der Waals surface area contributed by atoms with Crippen molar-refractivity contribution in [2.24, 2.45) is 4.99 Å². The van der Waals surface area contributed by atoms with Crippen LogP contribution in [0.4, 0.5) is 0 Å². The molecule has 1 amide bonds. The zero-order valence-electron chi connectivity index (χ0n) is 13.2. The maximum atomic E-state index is 12.5. The monoisotopic (exact) mass is 384 g/mol. The summed E-state index contributed by atoms with van der Waals surface area (Å²) >= 11 is 3.43. The van der Waals surface area contributed by atoms with Crippen molar-refractivity contribution in [3.8, 4) is 11.3 Å². The first-order valence-electron chi connectivity index (χ1n) is 8.17. The van der Waals surface area contributed by atoms with Gasteiger partial charge in [-0.05, 0) is 37.1 Å². The first-order chi connectivity index (χ1) is 11.7. The van der Waals surface area contributed by atoms with Crippen LogP contribution in [0.5, 0.6) is 0 Å². The number of hydrogen-bond donors (Lipinski definition) is 0. The molecule has 0 N–H and O–H groups in total. The summed E-state index contributed by atoms with van der Waals surface area (Å²) < 4.78 is 6.89. The van der Waals surface area contributed by atoms with Crippen molar-refractivity contribution in [2.45, 2.75) is 25.7 Å². The van der Waals surface area contributed by atoms with Crippen molar-refractivity contribution in [2.75, 3.05) is 6.54 Å². The summed E-state index contributed by atoms with van der Waals surface area (Å²) in [6.07, 6.45) is 5.94. The lowest BCUT2D eigenvalue weighted by molar-refractivity contribution is -0.122. The van der Waals surface area contributed by atoms with Crippen LogP contribution in [0, 0.1) is 0 Å². The molecular weight excluding hydrogens is 368 g/mol. The minimum atomic E-state index is -0.00603. The van der Waals surface area contributed by atoms with E-state index in [4.69, 9.17) is 4.42 Å². The van der Waals surface area contributed by atoms with Crippen molar-refractivity contribution in [3.63, 3.8) is 0 Å². The minimum Gasteiger partial charge on any atom is -0.457 e. The molecule has 0 unspecified atom stereocenters. The number of nitrogens with zero attached hydrogens (tertiary/aromatic N) is 2. The fourth-order valence-electron chi connectivity index (χ4n) is 3.08. The molecule has 1 fully saturated rings. The molecule has 122 valence electrons. The number of hydrogen-bond acceptors (Lipinski definition) is 3. The van der Waals surface area contributed by atoms with E-state index < -0.39 is 0 Å². The van der Waals surface area contributed by atoms with E-state index in [9.17, 15) is 4.79 Å². The van der Waals surface area contributed by atoms with Crippen LogP contribution in [0.15, 0.2) is 56.0 Å². The number of benzene rings is 1. The number of amides is 1. The van der Waals surface area contributed by atoms with Crippen molar-refractivity contribution in [3.05, 3.63) is 52.3 Å². The standard InChI is InChI=1S/C19H17BrN2O2/c20-14-7-5-13(6-8-14)17-10-9-15(24-17)12-16-19(23)22-11-3-1-2-4-18(22)21-16/h5-10,12H,1-4,11H2. The SMILES string of the molecule is O=C1C(=Cc2ccc(-c3ccc(Br)cc3)o2)N=C2CCCCCN12. The van der Waals surface area contributed by atoms with Gasteiger partial charge in [-0.3, -0.25) is 9.69 Å². The highest BCUT2D eigenvalue weighted by molar-refractivity contribution is 9.10. The Labute approximate surface area is 149 Å². The predicted octanol–water partition coefficient (Wildman–Crippen LogP) is 4.86. The molecular formula is C19H17BrN2O2. The van der Waals surface area contributed by atoms with Crippen LogP contribution < -0.4 is 0 Å². The molecule has 2 aliphatic rings. The van der Waals surface area contributed by atoms with Gasteiger partial charge in [-0.25, -0.2) is 4.99 Å². The topological polar surface area (TPSA) is 45.8 Å². The van der Waals surface area contributed by atoms with Gasteiger partial charge in [0.15, 0.2) is 0 Å². The number of fused-ring (bicyclic) bond motifs is 1. The van der Waals surface area contributed by atoms with Gasteiger partial charge in [-0.15, -0.1) is 0 Å². The maximum absolute atomic E-state index is 12.5. The highest BCUT2D eigenvalue weighted by atomic mass is 79.9. The number of furan rings is 1. The van der Waals surface area contributed by atoms with E-state index in [-0.39, 0.29) is 5.91 Å². The lowest BCUT2D eigenvalue weighted by Crippen LogP contribution is -2.31. The van der Waals surface area contributed by atoms with E-state index in [2.05, 4.69) is 20.9 Å². The van der Waals surface area contributed by atoms with Crippen LogP contribution in [0.3, 0.4) is 0 Å². The van der Waals surface area contributed by atoms with Crippen molar-refractivity contribution in [1.82, 2.24) is 4.90 Å². The molecule has 1 aromatic heterocycles. The molecule has 0 atom stereocenters. The van der Waals surface area contributed by atoms with Gasteiger partial charge in [0, 0.05) is 29.1 Å². The molecule has 0 bridgehead atoms. The number of rotatable bonds is 2. The molecule has 0 radical (unpaired) electrons. The molecule has 1 aromatic carbocycles. The van der Waals surface area contributed by atoms with Gasteiger partial charge >= 0.3 is 0 Å². The summed E-state index contributed by atoms with van der Waals surface area (Å²) in [5, 5.41) is 0. The number of aliphatic imine (C=N–C) groups is 1. The maximum Gasteiger partial charge on any atom is 0.277 e. The van der Waals surface area contributed by atoms with E-state index in [1.807, 2.05) is 41.3 Å². The molecule has 0 spiro atoms. The van der Waals surface area contributed by atoms with Crippen LogP contribution in [0.1, 0.15) is 31.4 Å². The lowest BCUT2D eigenvalue weighted by atomic mass is 10.2.